The summed E-state index contributed by atoms with van der Waals surface area (Å²) in [5.41, 5.74) is 6.13. The van der Waals surface area contributed by atoms with Crippen molar-refractivity contribution in [3.05, 3.63) is 0 Å². The SMILES string of the molecule is CC(N)COC1CC(C)CC(C)(C)C1. The van der Waals surface area contributed by atoms with Gasteiger partial charge < -0.3 is 10.5 Å². The predicted molar refractivity (Wildman–Crippen MR) is 60.2 cm³/mol. The largest absolute Gasteiger partial charge is 0.377 e. The maximum atomic E-state index is 5.83. The van der Waals surface area contributed by atoms with Crippen LogP contribution in [0, 0.1) is 11.3 Å². The molecule has 0 spiro atoms. The van der Waals surface area contributed by atoms with Crippen molar-refractivity contribution in [2.24, 2.45) is 17.1 Å². The summed E-state index contributed by atoms with van der Waals surface area (Å²) < 4.78 is 5.83. The molecule has 1 aliphatic carbocycles. The van der Waals surface area contributed by atoms with E-state index in [0.29, 0.717) is 18.1 Å². The molecular formula is C12H25NO. The zero-order chi connectivity index (χ0) is 10.8. The summed E-state index contributed by atoms with van der Waals surface area (Å²) >= 11 is 0. The lowest BCUT2D eigenvalue weighted by Gasteiger charge is -2.39. The third kappa shape index (κ3) is 3.97. The Morgan fingerprint density at radius 2 is 2.07 bits per heavy atom. The van der Waals surface area contributed by atoms with Gasteiger partial charge >= 0.3 is 0 Å². The van der Waals surface area contributed by atoms with Crippen molar-refractivity contribution in [3.63, 3.8) is 0 Å². The highest BCUT2D eigenvalue weighted by atomic mass is 16.5. The molecule has 0 aromatic rings. The molecule has 1 aliphatic rings. The van der Waals surface area contributed by atoms with Crippen LogP contribution in [0.3, 0.4) is 0 Å². The number of ether oxygens (including phenoxy) is 1. The van der Waals surface area contributed by atoms with E-state index in [1.807, 2.05) is 6.92 Å². The Morgan fingerprint density at radius 3 is 2.57 bits per heavy atom. The maximum Gasteiger partial charge on any atom is 0.0618 e. The van der Waals surface area contributed by atoms with Crippen LogP contribution >= 0.6 is 0 Å². The van der Waals surface area contributed by atoms with E-state index in [1.54, 1.807) is 0 Å². The minimum Gasteiger partial charge on any atom is -0.377 e. The average Bonchev–Trinajstić information content (AvgIpc) is 1.96. The number of hydrogen-bond acceptors (Lipinski definition) is 2. The second-order valence-electron chi connectivity index (χ2n) is 5.85. The van der Waals surface area contributed by atoms with Crippen LogP contribution in [0.25, 0.3) is 0 Å². The first-order valence-corrected chi connectivity index (χ1v) is 5.76. The molecule has 0 radical (unpaired) electrons. The van der Waals surface area contributed by atoms with Crippen molar-refractivity contribution in [3.8, 4) is 0 Å². The van der Waals surface area contributed by atoms with Crippen LogP contribution < -0.4 is 5.73 Å². The number of hydrogen-bond donors (Lipinski definition) is 1. The smallest absolute Gasteiger partial charge is 0.0618 e. The molecule has 0 aliphatic heterocycles. The van der Waals surface area contributed by atoms with Gasteiger partial charge in [-0.1, -0.05) is 20.8 Å². The van der Waals surface area contributed by atoms with Crippen LogP contribution in [-0.4, -0.2) is 18.8 Å². The van der Waals surface area contributed by atoms with Gasteiger partial charge in [-0.15, -0.1) is 0 Å². The molecule has 1 saturated carbocycles. The number of rotatable bonds is 3. The standard InChI is InChI=1S/C12H25NO/c1-9-5-11(14-8-10(2)13)7-12(3,4)6-9/h9-11H,5-8,13H2,1-4H3. The first-order valence-electron chi connectivity index (χ1n) is 5.76. The molecule has 3 unspecified atom stereocenters. The fourth-order valence-corrected chi connectivity index (χ4v) is 2.67. The van der Waals surface area contributed by atoms with Crippen LogP contribution in [0.4, 0.5) is 0 Å². The molecule has 1 rings (SSSR count). The van der Waals surface area contributed by atoms with Crippen molar-refractivity contribution in [2.75, 3.05) is 6.61 Å². The maximum absolute atomic E-state index is 5.83. The van der Waals surface area contributed by atoms with Crippen molar-refractivity contribution in [1.82, 2.24) is 0 Å². The van der Waals surface area contributed by atoms with Gasteiger partial charge in [-0.25, -0.2) is 0 Å². The van der Waals surface area contributed by atoms with E-state index < -0.39 is 0 Å². The van der Waals surface area contributed by atoms with Gasteiger partial charge in [-0.05, 0) is 37.5 Å². The van der Waals surface area contributed by atoms with Gasteiger partial charge in [-0.3, -0.25) is 0 Å². The van der Waals surface area contributed by atoms with Crippen molar-refractivity contribution < 1.29 is 4.74 Å². The van der Waals surface area contributed by atoms with Gasteiger partial charge in [0.05, 0.1) is 12.7 Å². The summed E-state index contributed by atoms with van der Waals surface area (Å²) in [5.74, 6) is 0.789. The Morgan fingerprint density at radius 1 is 1.43 bits per heavy atom. The van der Waals surface area contributed by atoms with E-state index in [-0.39, 0.29) is 6.04 Å². The van der Waals surface area contributed by atoms with Gasteiger partial charge in [-0.2, -0.15) is 0 Å². The van der Waals surface area contributed by atoms with E-state index in [9.17, 15) is 0 Å². The lowest BCUT2D eigenvalue weighted by Crippen LogP contribution is -2.35. The topological polar surface area (TPSA) is 35.2 Å². The molecule has 84 valence electrons. The van der Waals surface area contributed by atoms with Crippen LogP contribution in [-0.2, 0) is 4.74 Å². The Labute approximate surface area is 88.2 Å². The van der Waals surface area contributed by atoms with Crippen LogP contribution in [0.1, 0.15) is 47.0 Å². The van der Waals surface area contributed by atoms with E-state index in [1.165, 1.54) is 19.3 Å². The summed E-state index contributed by atoms with van der Waals surface area (Å²) in [5, 5.41) is 0. The second kappa shape index (κ2) is 4.63. The molecule has 0 amide bonds. The third-order valence-corrected chi connectivity index (χ3v) is 2.94. The van der Waals surface area contributed by atoms with E-state index in [2.05, 4.69) is 20.8 Å². The van der Waals surface area contributed by atoms with Crippen LogP contribution in [0.5, 0.6) is 0 Å². The van der Waals surface area contributed by atoms with Crippen LogP contribution in [0.15, 0.2) is 0 Å². The predicted octanol–water partition coefficient (Wildman–Crippen LogP) is 2.57. The van der Waals surface area contributed by atoms with Gasteiger partial charge in [0.2, 0.25) is 0 Å². The van der Waals surface area contributed by atoms with E-state index in [4.69, 9.17) is 10.5 Å². The molecule has 2 heteroatoms. The highest BCUT2D eigenvalue weighted by Gasteiger charge is 2.32. The monoisotopic (exact) mass is 199 g/mol. The molecule has 3 atom stereocenters. The fraction of sp³-hybridized carbons (Fsp3) is 1.00. The summed E-state index contributed by atoms with van der Waals surface area (Å²) in [6.45, 7) is 9.70. The zero-order valence-electron chi connectivity index (χ0n) is 10.0. The van der Waals surface area contributed by atoms with Gasteiger partial charge in [0, 0.05) is 6.04 Å². The Bertz CT molecular complexity index is 177. The molecule has 14 heavy (non-hydrogen) atoms. The Balaban J connectivity index is 2.38. The molecule has 1 fully saturated rings. The molecule has 0 bridgehead atoms. The summed E-state index contributed by atoms with van der Waals surface area (Å²) in [6.07, 6.45) is 4.14. The number of nitrogens with two attached hydrogens (primary N) is 1. The quantitative estimate of drug-likeness (QED) is 0.758. The Kier molecular flexibility index (Phi) is 3.96. The van der Waals surface area contributed by atoms with Crippen LogP contribution in [0.2, 0.25) is 0 Å². The van der Waals surface area contributed by atoms with Gasteiger partial charge in [0.25, 0.3) is 0 Å². The van der Waals surface area contributed by atoms with E-state index >= 15 is 0 Å². The molecule has 2 nitrogen and oxygen atoms in total. The highest BCUT2D eigenvalue weighted by molar-refractivity contribution is 4.83. The van der Waals surface area contributed by atoms with Crippen molar-refractivity contribution >= 4 is 0 Å². The first kappa shape index (κ1) is 12.0. The molecule has 0 heterocycles. The van der Waals surface area contributed by atoms with E-state index in [0.717, 1.165) is 5.92 Å². The zero-order valence-corrected chi connectivity index (χ0v) is 10.0. The van der Waals surface area contributed by atoms with Gasteiger partial charge in [0.1, 0.15) is 0 Å². The molecule has 0 saturated heterocycles. The molecule has 0 aromatic carbocycles. The fourth-order valence-electron chi connectivity index (χ4n) is 2.67. The average molecular weight is 199 g/mol. The molecule has 0 aromatic heterocycles. The highest BCUT2D eigenvalue weighted by Crippen LogP contribution is 2.39. The normalized spacial score (nSPS) is 34.1. The van der Waals surface area contributed by atoms with Crippen molar-refractivity contribution in [1.29, 1.82) is 0 Å². The Hall–Kier alpha value is -0.0800. The lowest BCUT2D eigenvalue weighted by molar-refractivity contribution is -0.0262. The van der Waals surface area contributed by atoms with Gasteiger partial charge in [0.15, 0.2) is 0 Å². The van der Waals surface area contributed by atoms with Crippen molar-refractivity contribution in [2.45, 2.75) is 59.1 Å². The summed E-state index contributed by atoms with van der Waals surface area (Å²) in [4.78, 5) is 0. The summed E-state index contributed by atoms with van der Waals surface area (Å²) in [7, 11) is 0. The molecule has 2 N–H and O–H groups in total. The first-order chi connectivity index (χ1) is 6.39. The molecular weight excluding hydrogens is 174 g/mol. The minimum atomic E-state index is 0.162. The third-order valence-electron chi connectivity index (χ3n) is 2.94. The lowest BCUT2D eigenvalue weighted by atomic mass is 9.71. The second-order valence-corrected chi connectivity index (χ2v) is 5.85. The minimum absolute atomic E-state index is 0.162. The summed E-state index contributed by atoms with van der Waals surface area (Å²) in [6, 6.07) is 0.162.